The molecule has 2 N–H and O–H groups in total. The van der Waals surface area contributed by atoms with Crippen LogP contribution in [0.4, 0.5) is 0 Å². The van der Waals surface area contributed by atoms with Gasteiger partial charge in [0.2, 0.25) is 10.0 Å². The van der Waals surface area contributed by atoms with Crippen molar-refractivity contribution in [2.24, 2.45) is 0 Å². The van der Waals surface area contributed by atoms with E-state index in [1.54, 1.807) is 0 Å². The summed E-state index contributed by atoms with van der Waals surface area (Å²) >= 11 is 0. The molecule has 0 bridgehead atoms. The van der Waals surface area contributed by atoms with E-state index in [9.17, 15) is 8.42 Å². The Balaban J connectivity index is 1.81. The summed E-state index contributed by atoms with van der Waals surface area (Å²) in [6, 6.07) is 3.79. The fourth-order valence-corrected chi connectivity index (χ4v) is 4.86. The number of fused-ring (bicyclic) bond motifs is 1. The second-order valence-electron chi connectivity index (χ2n) is 6.37. The molecule has 0 atom stereocenters. The number of aromatic nitrogens is 2. The van der Waals surface area contributed by atoms with Gasteiger partial charge in [0.25, 0.3) is 0 Å². The summed E-state index contributed by atoms with van der Waals surface area (Å²) in [6.07, 6.45) is 4.31. The number of aryl methyl sites for hydroxylation is 5. The molecule has 124 valence electrons. The quantitative estimate of drug-likeness (QED) is 0.903. The highest BCUT2D eigenvalue weighted by Crippen LogP contribution is 2.22. The highest BCUT2D eigenvalue weighted by molar-refractivity contribution is 7.89. The van der Waals surface area contributed by atoms with Gasteiger partial charge in [-0.15, -0.1) is 0 Å². The molecule has 0 unspecified atom stereocenters. The van der Waals surface area contributed by atoms with Crippen molar-refractivity contribution in [3.8, 4) is 0 Å². The summed E-state index contributed by atoms with van der Waals surface area (Å²) in [4.78, 5) is 8.16. The minimum Gasteiger partial charge on any atom is -0.345 e. The van der Waals surface area contributed by atoms with Gasteiger partial charge >= 0.3 is 0 Å². The predicted molar refractivity (Wildman–Crippen MR) is 89.9 cm³/mol. The Kier molecular flexibility index (Phi) is 4.29. The maximum atomic E-state index is 12.6. The molecule has 1 aliphatic carbocycles. The van der Waals surface area contributed by atoms with Gasteiger partial charge in [-0.2, -0.15) is 0 Å². The molecular formula is C17H23N3O2S. The molecule has 0 saturated heterocycles. The molecule has 1 heterocycles. The molecule has 2 aromatic rings. The average molecular weight is 333 g/mol. The van der Waals surface area contributed by atoms with Gasteiger partial charge < -0.3 is 4.98 Å². The lowest BCUT2D eigenvalue weighted by molar-refractivity contribution is 0.578. The maximum absolute atomic E-state index is 12.6. The van der Waals surface area contributed by atoms with Gasteiger partial charge in [0.05, 0.1) is 17.1 Å². The van der Waals surface area contributed by atoms with Crippen molar-refractivity contribution in [3.63, 3.8) is 0 Å². The number of imidazole rings is 1. The number of H-pyrrole nitrogens is 1. The topological polar surface area (TPSA) is 74.8 Å². The monoisotopic (exact) mass is 333 g/mol. The SMILES string of the molecule is Cc1cc(C)c(S(=O)(=O)NCc2nc3c([nH]2)CCCC3)c(C)c1. The first-order chi connectivity index (χ1) is 10.9. The van der Waals surface area contributed by atoms with Crippen molar-refractivity contribution in [3.05, 3.63) is 46.0 Å². The average Bonchev–Trinajstić information content (AvgIpc) is 2.86. The first kappa shape index (κ1) is 16.2. The normalized spacial score (nSPS) is 14.7. The van der Waals surface area contributed by atoms with Gasteiger partial charge in [-0.3, -0.25) is 0 Å². The number of benzene rings is 1. The highest BCUT2D eigenvalue weighted by atomic mass is 32.2. The smallest absolute Gasteiger partial charge is 0.241 e. The van der Waals surface area contributed by atoms with Gasteiger partial charge in [0, 0.05) is 5.69 Å². The van der Waals surface area contributed by atoms with E-state index < -0.39 is 10.0 Å². The number of nitrogens with zero attached hydrogens (tertiary/aromatic N) is 1. The zero-order chi connectivity index (χ0) is 16.6. The second kappa shape index (κ2) is 6.09. The summed E-state index contributed by atoms with van der Waals surface area (Å²) in [6.45, 7) is 5.83. The fraction of sp³-hybridized carbons (Fsp3) is 0.471. The number of hydrogen-bond acceptors (Lipinski definition) is 3. The van der Waals surface area contributed by atoms with E-state index in [1.807, 2.05) is 32.9 Å². The Labute approximate surface area is 137 Å². The van der Waals surface area contributed by atoms with E-state index in [0.29, 0.717) is 10.7 Å². The van der Waals surface area contributed by atoms with Crippen LogP contribution < -0.4 is 4.72 Å². The van der Waals surface area contributed by atoms with E-state index in [4.69, 9.17) is 0 Å². The summed E-state index contributed by atoms with van der Waals surface area (Å²) in [7, 11) is -3.55. The molecule has 0 saturated carbocycles. The third-order valence-electron chi connectivity index (χ3n) is 4.31. The summed E-state index contributed by atoms with van der Waals surface area (Å²) in [5.74, 6) is 0.697. The van der Waals surface area contributed by atoms with Crippen molar-refractivity contribution in [1.82, 2.24) is 14.7 Å². The maximum Gasteiger partial charge on any atom is 0.241 e. The Bertz CT molecular complexity index is 791. The van der Waals surface area contributed by atoms with Crippen LogP contribution in [-0.2, 0) is 29.4 Å². The zero-order valence-electron chi connectivity index (χ0n) is 13.9. The fourth-order valence-electron chi connectivity index (χ4n) is 3.42. The Morgan fingerprint density at radius 2 is 1.78 bits per heavy atom. The third kappa shape index (κ3) is 3.33. The van der Waals surface area contributed by atoms with E-state index in [-0.39, 0.29) is 6.54 Å². The van der Waals surface area contributed by atoms with E-state index in [1.165, 1.54) is 6.42 Å². The van der Waals surface area contributed by atoms with Crippen LogP contribution in [0.25, 0.3) is 0 Å². The summed E-state index contributed by atoms with van der Waals surface area (Å²) in [5, 5.41) is 0. The number of aromatic amines is 1. The van der Waals surface area contributed by atoms with Gasteiger partial charge in [-0.05, 0) is 57.6 Å². The molecule has 0 fully saturated rings. The Morgan fingerprint density at radius 3 is 2.43 bits per heavy atom. The largest absolute Gasteiger partial charge is 0.345 e. The Morgan fingerprint density at radius 1 is 1.13 bits per heavy atom. The molecule has 1 aromatic carbocycles. The zero-order valence-corrected chi connectivity index (χ0v) is 14.7. The van der Waals surface area contributed by atoms with Crippen LogP contribution in [0, 0.1) is 20.8 Å². The van der Waals surface area contributed by atoms with Gasteiger partial charge in [0.15, 0.2) is 0 Å². The van der Waals surface area contributed by atoms with Crippen molar-refractivity contribution in [1.29, 1.82) is 0 Å². The molecule has 0 aliphatic heterocycles. The molecule has 0 radical (unpaired) electrons. The van der Waals surface area contributed by atoms with Crippen LogP contribution in [0.5, 0.6) is 0 Å². The van der Waals surface area contributed by atoms with E-state index >= 15 is 0 Å². The predicted octanol–water partition coefficient (Wildman–Crippen LogP) is 2.69. The lowest BCUT2D eigenvalue weighted by atomic mass is 10.0. The number of sulfonamides is 1. The molecule has 0 spiro atoms. The molecular weight excluding hydrogens is 310 g/mol. The minimum absolute atomic E-state index is 0.197. The first-order valence-electron chi connectivity index (χ1n) is 8.01. The second-order valence-corrected chi connectivity index (χ2v) is 8.07. The standard InChI is InChI=1S/C17H23N3O2S/c1-11-8-12(2)17(13(3)9-11)23(21,22)18-10-16-19-14-6-4-5-7-15(14)20-16/h8-9,18H,4-7,10H2,1-3H3,(H,19,20). The first-order valence-corrected chi connectivity index (χ1v) is 9.49. The molecule has 0 amide bonds. The van der Waals surface area contributed by atoms with Crippen molar-refractivity contribution >= 4 is 10.0 Å². The molecule has 3 rings (SSSR count). The number of hydrogen-bond donors (Lipinski definition) is 2. The number of nitrogens with one attached hydrogen (secondary N) is 2. The van der Waals surface area contributed by atoms with Crippen LogP contribution in [0.1, 0.15) is 46.7 Å². The van der Waals surface area contributed by atoms with Crippen molar-refractivity contribution < 1.29 is 8.42 Å². The Hall–Kier alpha value is -1.66. The highest BCUT2D eigenvalue weighted by Gasteiger charge is 2.21. The third-order valence-corrected chi connectivity index (χ3v) is 6.01. The summed E-state index contributed by atoms with van der Waals surface area (Å²) in [5.41, 5.74) is 4.86. The molecule has 1 aliphatic rings. The lowest BCUT2D eigenvalue weighted by Crippen LogP contribution is -2.25. The van der Waals surface area contributed by atoms with Gasteiger partial charge in [0.1, 0.15) is 5.82 Å². The van der Waals surface area contributed by atoms with Crippen molar-refractivity contribution in [2.45, 2.75) is 57.9 Å². The van der Waals surface area contributed by atoms with E-state index in [2.05, 4.69) is 14.7 Å². The number of rotatable bonds is 4. The van der Waals surface area contributed by atoms with Crippen molar-refractivity contribution in [2.75, 3.05) is 0 Å². The molecule has 6 heteroatoms. The van der Waals surface area contributed by atoms with Crippen LogP contribution in [0.2, 0.25) is 0 Å². The molecule has 1 aromatic heterocycles. The van der Waals surface area contributed by atoms with E-state index in [0.717, 1.165) is 47.3 Å². The summed E-state index contributed by atoms with van der Waals surface area (Å²) < 4.78 is 28.0. The van der Waals surface area contributed by atoms with Crippen LogP contribution >= 0.6 is 0 Å². The van der Waals surface area contributed by atoms with Gasteiger partial charge in [-0.25, -0.2) is 18.1 Å². The van der Waals surface area contributed by atoms with Crippen LogP contribution in [0.3, 0.4) is 0 Å². The molecule has 5 nitrogen and oxygen atoms in total. The van der Waals surface area contributed by atoms with Gasteiger partial charge in [-0.1, -0.05) is 17.7 Å². The van der Waals surface area contributed by atoms with Crippen LogP contribution in [-0.4, -0.2) is 18.4 Å². The van der Waals surface area contributed by atoms with Crippen LogP contribution in [0.15, 0.2) is 17.0 Å². The minimum atomic E-state index is -3.55. The molecule has 23 heavy (non-hydrogen) atoms. The lowest BCUT2D eigenvalue weighted by Gasteiger charge is -2.12.